The van der Waals surface area contributed by atoms with E-state index in [9.17, 15) is 18.3 Å². The third-order valence-corrected chi connectivity index (χ3v) is 5.02. The maximum absolute atomic E-state index is 12.9. The molecule has 1 fully saturated rings. The molecule has 0 amide bonds. The first-order valence-electron chi connectivity index (χ1n) is 8.77. The van der Waals surface area contributed by atoms with Gasteiger partial charge >= 0.3 is 6.18 Å². The van der Waals surface area contributed by atoms with Crippen LogP contribution in [0, 0.1) is 0 Å². The van der Waals surface area contributed by atoms with E-state index >= 15 is 0 Å². The average Bonchev–Trinajstić information content (AvgIpc) is 3.09. The van der Waals surface area contributed by atoms with E-state index in [2.05, 4.69) is 0 Å². The van der Waals surface area contributed by atoms with Gasteiger partial charge in [-0.25, -0.2) is 0 Å². The second-order valence-corrected chi connectivity index (χ2v) is 6.80. The van der Waals surface area contributed by atoms with Crippen molar-refractivity contribution in [2.24, 2.45) is 0 Å². The van der Waals surface area contributed by atoms with E-state index in [4.69, 9.17) is 9.47 Å². The lowest BCUT2D eigenvalue weighted by Gasteiger charge is -2.34. The van der Waals surface area contributed by atoms with Gasteiger partial charge in [-0.05, 0) is 24.3 Å². The molecule has 0 aliphatic carbocycles. The van der Waals surface area contributed by atoms with Gasteiger partial charge in [-0.15, -0.1) is 0 Å². The molecule has 0 spiro atoms. The molecule has 8 heteroatoms. The quantitative estimate of drug-likeness (QED) is 0.855. The summed E-state index contributed by atoms with van der Waals surface area (Å²) in [4.78, 5) is 3.23. The lowest BCUT2D eigenvalue weighted by Crippen LogP contribution is -3.13. The van der Waals surface area contributed by atoms with Crippen molar-refractivity contribution in [1.82, 2.24) is 0 Å². The third kappa shape index (κ3) is 3.75. The first kappa shape index (κ1) is 17.8. The Morgan fingerprint density at radius 1 is 1.04 bits per heavy atom. The first-order chi connectivity index (χ1) is 12.9. The van der Waals surface area contributed by atoms with Gasteiger partial charge in [0.1, 0.15) is 12.3 Å². The highest BCUT2D eigenvalue weighted by Crippen LogP contribution is 2.37. The molecule has 2 aliphatic rings. The summed E-state index contributed by atoms with van der Waals surface area (Å²) in [6.07, 6.45) is -4.33. The van der Waals surface area contributed by atoms with Crippen molar-refractivity contribution in [3.63, 3.8) is 0 Å². The first-order valence-corrected chi connectivity index (χ1v) is 8.77. The number of ether oxygens (including phenoxy) is 2. The minimum absolute atomic E-state index is 0.154. The molecule has 0 aromatic heterocycles. The Hall–Kier alpha value is -2.61. The number of aromatic hydroxyl groups is 1. The van der Waals surface area contributed by atoms with Crippen LogP contribution in [0.5, 0.6) is 17.2 Å². The van der Waals surface area contributed by atoms with Gasteiger partial charge in [0, 0.05) is 11.8 Å². The van der Waals surface area contributed by atoms with Gasteiger partial charge in [-0.2, -0.15) is 13.2 Å². The number of alkyl halides is 3. The summed E-state index contributed by atoms with van der Waals surface area (Å²) in [6.45, 7) is 3.62. The van der Waals surface area contributed by atoms with E-state index in [0.717, 1.165) is 24.7 Å². The molecule has 4 rings (SSSR count). The predicted molar refractivity (Wildman–Crippen MR) is 92.3 cm³/mol. The van der Waals surface area contributed by atoms with Gasteiger partial charge in [0.05, 0.1) is 37.3 Å². The van der Waals surface area contributed by atoms with Crippen LogP contribution in [0.2, 0.25) is 0 Å². The lowest BCUT2D eigenvalue weighted by molar-refractivity contribution is -0.914. The molecule has 0 unspecified atom stereocenters. The van der Waals surface area contributed by atoms with Crippen LogP contribution < -0.4 is 19.3 Å². The smallest absolute Gasteiger partial charge is 0.416 e. The number of phenols is 1. The summed E-state index contributed by atoms with van der Waals surface area (Å²) in [7, 11) is 0. The predicted octanol–water partition coefficient (Wildman–Crippen LogP) is 2.04. The van der Waals surface area contributed by atoms with E-state index in [1.165, 1.54) is 17.0 Å². The molecule has 0 radical (unpaired) electrons. The highest BCUT2D eigenvalue weighted by atomic mass is 19.4. The van der Waals surface area contributed by atoms with Crippen LogP contribution in [-0.2, 0) is 12.7 Å². The average molecular weight is 381 g/mol. The summed E-state index contributed by atoms with van der Waals surface area (Å²) >= 11 is 0. The maximum Gasteiger partial charge on any atom is 0.416 e. The van der Waals surface area contributed by atoms with Crippen LogP contribution in [0.3, 0.4) is 0 Å². The van der Waals surface area contributed by atoms with Crippen molar-refractivity contribution < 1.29 is 32.7 Å². The summed E-state index contributed by atoms with van der Waals surface area (Å²) in [6, 6.07) is 8.81. The van der Waals surface area contributed by atoms with Crippen molar-refractivity contribution in [1.29, 1.82) is 0 Å². The van der Waals surface area contributed by atoms with E-state index in [1.807, 2.05) is 4.90 Å². The fourth-order valence-corrected chi connectivity index (χ4v) is 3.52. The fourth-order valence-electron chi connectivity index (χ4n) is 3.52. The number of phenolic OH excluding ortho intramolecular Hbond substituents is 1. The molecule has 0 atom stereocenters. The standard InChI is InChI=1S/C19H19F3N2O3/c20-19(21,22)14-2-1-3-15(9-14)24-6-4-23(5-7-24)11-13-8-17-18(10-16(13)25)27-12-26-17/h1-3,8-10,25H,4-7,11-12H2/p+1. The molecule has 1 saturated heterocycles. The Bertz CT molecular complexity index is 833. The van der Waals surface area contributed by atoms with Crippen molar-refractivity contribution in [2.75, 3.05) is 37.9 Å². The normalized spacial score (nSPS) is 17.4. The Kier molecular flexibility index (Phi) is 4.51. The number of rotatable bonds is 3. The van der Waals surface area contributed by atoms with Crippen LogP contribution in [0.1, 0.15) is 11.1 Å². The van der Waals surface area contributed by atoms with Crippen LogP contribution in [0.4, 0.5) is 18.9 Å². The Morgan fingerprint density at radius 3 is 2.44 bits per heavy atom. The number of nitrogens with one attached hydrogen (secondary N) is 1. The van der Waals surface area contributed by atoms with E-state index < -0.39 is 11.7 Å². The van der Waals surface area contributed by atoms with Crippen LogP contribution in [0.25, 0.3) is 0 Å². The van der Waals surface area contributed by atoms with Gasteiger partial charge in [0.15, 0.2) is 11.5 Å². The third-order valence-electron chi connectivity index (χ3n) is 5.02. The number of piperazine rings is 1. The van der Waals surface area contributed by atoms with E-state index in [1.54, 1.807) is 18.2 Å². The minimum Gasteiger partial charge on any atom is -0.507 e. The second kappa shape index (κ2) is 6.84. The van der Waals surface area contributed by atoms with Crippen LogP contribution in [-0.4, -0.2) is 38.1 Å². The van der Waals surface area contributed by atoms with Gasteiger partial charge in [0.25, 0.3) is 0 Å². The number of halogens is 3. The number of nitrogens with zero attached hydrogens (tertiary/aromatic N) is 1. The zero-order valence-electron chi connectivity index (χ0n) is 14.6. The Labute approximate surface area is 154 Å². The number of quaternary nitrogens is 1. The molecule has 2 heterocycles. The molecule has 2 aliphatic heterocycles. The second-order valence-electron chi connectivity index (χ2n) is 6.80. The molecule has 0 bridgehead atoms. The number of hydrogen-bond acceptors (Lipinski definition) is 4. The van der Waals surface area contributed by atoms with E-state index in [0.29, 0.717) is 36.8 Å². The number of benzene rings is 2. The van der Waals surface area contributed by atoms with Gasteiger partial charge in [-0.3, -0.25) is 0 Å². The fraction of sp³-hybridized carbons (Fsp3) is 0.368. The Morgan fingerprint density at radius 2 is 1.74 bits per heavy atom. The minimum atomic E-state index is -4.33. The van der Waals surface area contributed by atoms with Gasteiger partial charge in [0.2, 0.25) is 6.79 Å². The van der Waals surface area contributed by atoms with Crippen molar-refractivity contribution >= 4 is 5.69 Å². The molecule has 0 saturated carbocycles. The van der Waals surface area contributed by atoms with Gasteiger partial charge in [-0.1, -0.05) is 6.07 Å². The molecule has 27 heavy (non-hydrogen) atoms. The Balaban J connectivity index is 1.40. The van der Waals surface area contributed by atoms with Crippen LogP contribution >= 0.6 is 0 Å². The summed E-state index contributed by atoms with van der Waals surface area (Å²) in [5.74, 6) is 1.34. The van der Waals surface area contributed by atoms with E-state index in [-0.39, 0.29) is 12.5 Å². The SMILES string of the molecule is Oc1cc2c(cc1C[NH+]1CCN(c3cccc(C(F)(F)F)c3)CC1)OCO2. The summed E-state index contributed by atoms with van der Waals surface area (Å²) in [5.41, 5.74) is 0.747. The molecule has 2 aromatic carbocycles. The highest BCUT2D eigenvalue weighted by molar-refractivity contribution is 5.51. The molecular weight excluding hydrogens is 361 g/mol. The largest absolute Gasteiger partial charge is 0.507 e. The number of fused-ring (bicyclic) bond motifs is 1. The van der Waals surface area contributed by atoms with Crippen LogP contribution in [0.15, 0.2) is 36.4 Å². The molecule has 144 valence electrons. The lowest BCUT2D eigenvalue weighted by atomic mass is 10.1. The highest BCUT2D eigenvalue weighted by Gasteiger charge is 2.31. The molecule has 2 N–H and O–H groups in total. The number of anilines is 1. The zero-order valence-corrected chi connectivity index (χ0v) is 14.6. The molecule has 2 aromatic rings. The monoisotopic (exact) mass is 381 g/mol. The summed E-state index contributed by atoms with van der Waals surface area (Å²) in [5, 5.41) is 10.2. The zero-order chi connectivity index (χ0) is 19.0. The van der Waals surface area contributed by atoms with Crippen molar-refractivity contribution in [3.8, 4) is 17.2 Å². The van der Waals surface area contributed by atoms with Crippen molar-refractivity contribution in [2.45, 2.75) is 12.7 Å². The molecule has 5 nitrogen and oxygen atoms in total. The summed E-state index contributed by atoms with van der Waals surface area (Å²) < 4.78 is 49.3. The molecular formula is C19H20F3N2O3+. The number of hydrogen-bond donors (Lipinski definition) is 2. The van der Waals surface area contributed by atoms with Crippen molar-refractivity contribution in [3.05, 3.63) is 47.5 Å². The topological polar surface area (TPSA) is 46.4 Å². The van der Waals surface area contributed by atoms with Gasteiger partial charge < -0.3 is 24.4 Å². The maximum atomic E-state index is 12.9.